The number of hydrogen-bond acceptors (Lipinski definition) is 3. The number of carbonyl (C=O) groups excluding carboxylic acids is 1. The van der Waals surface area contributed by atoms with E-state index in [1.807, 2.05) is 25.7 Å². The van der Waals surface area contributed by atoms with Gasteiger partial charge in [0.2, 0.25) is 5.91 Å². The number of amides is 1. The summed E-state index contributed by atoms with van der Waals surface area (Å²) in [6.45, 7) is 9.93. The molecule has 0 aromatic carbocycles. The molecule has 1 N–H and O–H groups in total. The SMILES string of the molecule is CC(NC1CCN(C(=O)C(C)(C)C)CC1)c1sccc1Br. The molecule has 21 heavy (non-hydrogen) atoms. The lowest BCUT2D eigenvalue weighted by Gasteiger charge is -2.37. The summed E-state index contributed by atoms with van der Waals surface area (Å²) in [5.74, 6) is 0.273. The number of carbonyl (C=O) groups is 1. The van der Waals surface area contributed by atoms with E-state index in [4.69, 9.17) is 0 Å². The van der Waals surface area contributed by atoms with Crippen LogP contribution in [0.1, 0.15) is 51.5 Å². The predicted molar refractivity (Wildman–Crippen MR) is 92.6 cm³/mol. The molecule has 5 heteroatoms. The summed E-state index contributed by atoms with van der Waals surface area (Å²) in [5, 5.41) is 5.82. The molecule has 1 amide bonds. The molecule has 0 saturated carbocycles. The van der Waals surface area contributed by atoms with Crippen LogP contribution in [0.5, 0.6) is 0 Å². The van der Waals surface area contributed by atoms with Gasteiger partial charge in [-0.3, -0.25) is 4.79 Å². The summed E-state index contributed by atoms with van der Waals surface area (Å²) >= 11 is 5.38. The third kappa shape index (κ3) is 4.30. The highest BCUT2D eigenvalue weighted by atomic mass is 79.9. The van der Waals surface area contributed by atoms with Gasteiger partial charge in [-0.25, -0.2) is 0 Å². The number of likely N-dealkylation sites (tertiary alicyclic amines) is 1. The van der Waals surface area contributed by atoms with E-state index in [0.717, 1.165) is 25.9 Å². The number of nitrogens with one attached hydrogen (secondary N) is 1. The van der Waals surface area contributed by atoms with Crippen LogP contribution >= 0.6 is 27.3 Å². The number of piperidine rings is 1. The fraction of sp³-hybridized carbons (Fsp3) is 0.688. The van der Waals surface area contributed by atoms with Gasteiger partial charge in [-0.05, 0) is 47.1 Å². The van der Waals surface area contributed by atoms with Gasteiger partial charge in [0, 0.05) is 39.9 Å². The molecule has 0 radical (unpaired) electrons. The number of nitrogens with zero attached hydrogens (tertiary/aromatic N) is 1. The second-order valence-electron chi connectivity index (χ2n) is 6.84. The normalized spacial score (nSPS) is 18.8. The van der Waals surface area contributed by atoms with Gasteiger partial charge in [0.05, 0.1) is 0 Å². The van der Waals surface area contributed by atoms with Crippen molar-refractivity contribution in [2.24, 2.45) is 5.41 Å². The fourth-order valence-corrected chi connectivity index (χ4v) is 4.50. The Balaban J connectivity index is 1.85. The number of hydrogen-bond donors (Lipinski definition) is 1. The van der Waals surface area contributed by atoms with Crippen LogP contribution in [0.2, 0.25) is 0 Å². The van der Waals surface area contributed by atoms with E-state index in [1.54, 1.807) is 11.3 Å². The monoisotopic (exact) mass is 372 g/mol. The van der Waals surface area contributed by atoms with Crippen molar-refractivity contribution < 1.29 is 4.79 Å². The van der Waals surface area contributed by atoms with Crippen molar-refractivity contribution in [1.29, 1.82) is 0 Å². The Bertz CT molecular complexity index is 487. The van der Waals surface area contributed by atoms with Crippen molar-refractivity contribution in [3.63, 3.8) is 0 Å². The molecule has 0 spiro atoms. The molecular weight excluding hydrogens is 348 g/mol. The topological polar surface area (TPSA) is 32.3 Å². The molecule has 1 aliphatic rings. The van der Waals surface area contributed by atoms with Crippen LogP contribution in [-0.2, 0) is 4.79 Å². The zero-order valence-corrected chi connectivity index (χ0v) is 15.7. The highest BCUT2D eigenvalue weighted by Gasteiger charge is 2.30. The van der Waals surface area contributed by atoms with E-state index < -0.39 is 0 Å². The van der Waals surface area contributed by atoms with E-state index in [2.05, 4.69) is 39.6 Å². The zero-order chi connectivity index (χ0) is 15.6. The Morgan fingerprint density at radius 2 is 2.05 bits per heavy atom. The standard InChI is InChI=1S/C16H25BrN2OS/c1-11(14-13(17)7-10-21-14)18-12-5-8-19(9-6-12)15(20)16(2,3)4/h7,10-12,18H,5-6,8-9H2,1-4H3. The first-order chi connectivity index (χ1) is 9.79. The fourth-order valence-electron chi connectivity index (χ4n) is 2.77. The minimum Gasteiger partial charge on any atom is -0.342 e. The van der Waals surface area contributed by atoms with Crippen LogP contribution in [0.15, 0.2) is 15.9 Å². The average molecular weight is 373 g/mol. The molecule has 1 saturated heterocycles. The van der Waals surface area contributed by atoms with Gasteiger partial charge >= 0.3 is 0 Å². The van der Waals surface area contributed by atoms with Gasteiger partial charge in [-0.2, -0.15) is 0 Å². The molecule has 1 aromatic rings. The lowest BCUT2D eigenvalue weighted by atomic mass is 9.93. The molecule has 1 atom stereocenters. The molecule has 1 aromatic heterocycles. The Kier molecular flexibility index (Phi) is 5.49. The maximum atomic E-state index is 12.3. The third-order valence-electron chi connectivity index (χ3n) is 3.95. The minimum atomic E-state index is -0.268. The average Bonchev–Trinajstić information content (AvgIpc) is 2.84. The third-order valence-corrected chi connectivity index (χ3v) is 6.00. The lowest BCUT2D eigenvalue weighted by Crippen LogP contribution is -2.48. The first-order valence-electron chi connectivity index (χ1n) is 7.57. The first-order valence-corrected chi connectivity index (χ1v) is 9.24. The molecule has 1 unspecified atom stereocenters. The number of rotatable bonds is 3. The molecule has 0 aliphatic carbocycles. The number of thiophene rings is 1. The summed E-state index contributed by atoms with van der Waals surface area (Å²) < 4.78 is 1.19. The van der Waals surface area contributed by atoms with Crippen LogP contribution in [0.4, 0.5) is 0 Å². The zero-order valence-electron chi connectivity index (χ0n) is 13.3. The van der Waals surface area contributed by atoms with E-state index in [0.29, 0.717) is 12.1 Å². The van der Waals surface area contributed by atoms with Crippen LogP contribution in [-0.4, -0.2) is 29.9 Å². The van der Waals surface area contributed by atoms with E-state index in [1.165, 1.54) is 9.35 Å². The first kappa shape index (κ1) is 17.0. The van der Waals surface area contributed by atoms with Crippen molar-refractivity contribution in [3.8, 4) is 0 Å². The summed E-state index contributed by atoms with van der Waals surface area (Å²) in [5.41, 5.74) is -0.268. The molecule has 3 nitrogen and oxygen atoms in total. The van der Waals surface area contributed by atoms with Gasteiger partial charge < -0.3 is 10.2 Å². The molecule has 0 bridgehead atoms. The molecule has 1 fully saturated rings. The summed E-state index contributed by atoms with van der Waals surface area (Å²) in [6.07, 6.45) is 2.07. The summed E-state index contributed by atoms with van der Waals surface area (Å²) in [7, 11) is 0. The smallest absolute Gasteiger partial charge is 0.227 e. The minimum absolute atomic E-state index is 0.268. The van der Waals surface area contributed by atoms with E-state index in [-0.39, 0.29) is 11.3 Å². The molecular formula is C16H25BrN2OS. The van der Waals surface area contributed by atoms with E-state index >= 15 is 0 Å². The van der Waals surface area contributed by atoms with Crippen molar-refractivity contribution in [1.82, 2.24) is 10.2 Å². The Morgan fingerprint density at radius 3 is 2.52 bits per heavy atom. The second kappa shape index (κ2) is 6.80. The highest BCUT2D eigenvalue weighted by molar-refractivity contribution is 9.10. The Morgan fingerprint density at radius 1 is 1.43 bits per heavy atom. The van der Waals surface area contributed by atoms with Crippen LogP contribution < -0.4 is 5.32 Å². The summed E-state index contributed by atoms with van der Waals surface area (Å²) in [4.78, 5) is 15.6. The van der Waals surface area contributed by atoms with Crippen molar-refractivity contribution in [2.75, 3.05) is 13.1 Å². The highest BCUT2D eigenvalue weighted by Crippen LogP contribution is 2.30. The largest absolute Gasteiger partial charge is 0.342 e. The lowest BCUT2D eigenvalue weighted by molar-refractivity contribution is -0.140. The Labute approximate surface area is 140 Å². The quantitative estimate of drug-likeness (QED) is 0.861. The van der Waals surface area contributed by atoms with Gasteiger partial charge in [0.25, 0.3) is 0 Å². The summed E-state index contributed by atoms with van der Waals surface area (Å²) in [6, 6.07) is 2.95. The number of halogens is 1. The van der Waals surface area contributed by atoms with Crippen molar-refractivity contribution >= 4 is 33.2 Å². The van der Waals surface area contributed by atoms with Gasteiger partial charge in [-0.15, -0.1) is 11.3 Å². The second-order valence-corrected chi connectivity index (χ2v) is 8.64. The van der Waals surface area contributed by atoms with Crippen molar-refractivity contribution in [3.05, 3.63) is 20.8 Å². The molecule has 1 aliphatic heterocycles. The Hall–Kier alpha value is -0.390. The van der Waals surface area contributed by atoms with Gasteiger partial charge in [0.1, 0.15) is 0 Å². The molecule has 2 heterocycles. The predicted octanol–water partition coefficient (Wildman–Crippen LogP) is 4.20. The molecule has 2 rings (SSSR count). The van der Waals surface area contributed by atoms with Gasteiger partial charge in [-0.1, -0.05) is 20.8 Å². The maximum Gasteiger partial charge on any atom is 0.227 e. The van der Waals surface area contributed by atoms with Crippen LogP contribution in [0.25, 0.3) is 0 Å². The maximum absolute atomic E-state index is 12.3. The molecule has 118 valence electrons. The van der Waals surface area contributed by atoms with Crippen molar-refractivity contribution in [2.45, 2.75) is 52.6 Å². The van der Waals surface area contributed by atoms with Crippen LogP contribution in [0, 0.1) is 5.41 Å². The van der Waals surface area contributed by atoms with Crippen LogP contribution in [0.3, 0.4) is 0 Å². The van der Waals surface area contributed by atoms with E-state index in [9.17, 15) is 4.79 Å². The van der Waals surface area contributed by atoms with Gasteiger partial charge in [0.15, 0.2) is 0 Å².